The highest BCUT2D eigenvalue weighted by Crippen LogP contribution is 2.07. The molecule has 0 aromatic carbocycles. The fraction of sp³-hybridized carbons (Fsp3) is 1.00. The summed E-state index contributed by atoms with van der Waals surface area (Å²) >= 11 is 0. The third-order valence-electron chi connectivity index (χ3n) is 1.86. The summed E-state index contributed by atoms with van der Waals surface area (Å²) in [6.07, 6.45) is -8.68. The summed E-state index contributed by atoms with van der Waals surface area (Å²) in [7, 11) is 0. The van der Waals surface area contributed by atoms with Gasteiger partial charge in [0.1, 0.15) is 30.5 Å². The Labute approximate surface area is 80.5 Å². The predicted octanol–water partition coefficient (Wildman–Crippen LogP) is -4.22. The fourth-order valence-corrected chi connectivity index (χ4v) is 0.873. The van der Waals surface area contributed by atoms with E-state index in [1.54, 1.807) is 0 Å². The van der Waals surface area contributed by atoms with Gasteiger partial charge in [0, 0.05) is 0 Å². The minimum Gasteiger partial charge on any atom is -0.394 e. The van der Waals surface area contributed by atoms with Crippen LogP contribution in [0.15, 0.2) is 0 Å². The van der Waals surface area contributed by atoms with Gasteiger partial charge in [0.25, 0.3) is 0 Å². The summed E-state index contributed by atoms with van der Waals surface area (Å²) in [4.78, 5) is 0. The van der Waals surface area contributed by atoms with Crippen LogP contribution < -0.4 is 0 Å². The van der Waals surface area contributed by atoms with Gasteiger partial charge in [0.2, 0.25) is 0 Å². The van der Waals surface area contributed by atoms with Crippen molar-refractivity contribution in [3.05, 3.63) is 0 Å². The molecule has 5 atom stereocenters. The first-order valence-electron chi connectivity index (χ1n) is 4.07. The molecule has 0 aliphatic carbocycles. The van der Waals surface area contributed by atoms with E-state index in [0.717, 1.165) is 0 Å². The van der Waals surface area contributed by atoms with Crippen molar-refractivity contribution in [2.24, 2.45) is 0 Å². The van der Waals surface area contributed by atoms with Crippen molar-refractivity contribution in [3.8, 4) is 0 Å². The van der Waals surface area contributed by atoms with Crippen molar-refractivity contribution < 1.29 is 35.7 Å². The van der Waals surface area contributed by atoms with E-state index in [1.807, 2.05) is 0 Å². The van der Waals surface area contributed by atoms with Crippen LogP contribution in [0.1, 0.15) is 0 Å². The van der Waals surface area contributed by atoms with Crippen molar-refractivity contribution in [2.75, 3.05) is 13.2 Å². The van der Waals surface area contributed by atoms with Crippen LogP contribution in [0.5, 0.6) is 0 Å². The van der Waals surface area contributed by atoms with Crippen LogP contribution >= 0.6 is 0 Å². The second-order valence-electron chi connectivity index (χ2n) is 2.97. The number of hydrogen-bond donors (Lipinski definition) is 7. The predicted molar refractivity (Wildman–Crippen MR) is 44.2 cm³/mol. The van der Waals surface area contributed by atoms with E-state index >= 15 is 0 Å². The molecule has 0 amide bonds. The Balaban J connectivity index is 4.22. The summed E-state index contributed by atoms with van der Waals surface area (Å²) in [6, 6.07) is 0. The maximum atomic E-state index is 9.15. The highest BCUT2D eigenvalue weighted by molar-refractivity contribution is 4.84. The Hall–Kier alpha value is -0.280. The molecule has 0 saturated carbocycles. The molecule has 7 heteroatoms. The van der Waals surface area contributed by atoms with Crippen molar-refractivity contribution in [3.63, 3.8) is 0 Å². The summed E-state index contributed by atoms with van der Waals surface area (Å²) in [5.74, 6) is 0. The second kappa shape index (κ2) is 6.25. The van der Waals surface area contributed by atoms with Crippen LogP contribution in [0, 0.1) is 0 Å². The van der Waals surface area contributed by atoms with Gasteiger partial charge in [-0.05, 0) is 0 Å². The van der Waals surface area contributed by atoms with Gasteiger partial charge in [-0.15, -0.1) is 0 Å². The van der Waals surface area contributed by atoms with Gasteiger partial charge >= 0.3 is 0 Å². The summed E-state index contributed by atoms with van der Waals surface area (Å²) in [6.45, 7) is -1.58. The van der Waals surface area contributed by atoms with Gasteiger partial charge in [0.05, 0.1) is 13.2 Å². The molecule has 0 unspecified atom stereocenters. The molecule has 0 aliphatic rings. The molecule has 0 heterocycles. The molecule has 7 nitrogen and oxygen atoms in total. The van der Waals surface area contributed by atoms with E-state index in [-0.39, 0.29) is 0 Å². The van der Waals surface area contributed by atoms with E-state index in [4.69, 9.17) is 35.7 Å². The lowest BCUT2D eigenvalue weighted by Gasteiger charge is -2.27. The SMILES string of the molecule is OC[C@H](O)[C@H](O)[C@@H](O)[C@H](O)[C@@H](O)CO. The molecule has 0 aromatic heterocycles. The first-order valence-corrected chi connectivity index (χ1v) is 4.07. The number of aliphatic hydroxyl groups excluding tert-OH is 7. The molecule has 0 fully saturated rings. The molecular formula is C7H16O7. The van der Waals surface area contributed by atoms with Gasteiger partial charge in [-0.25, -0.2) is 0 Å². The van der Waals surface area contributed by atoms with Crippen LogP contribution in [0.25, 0.3) is 0 Å². The zero-order chi connectivity index (χ0) is 11.3. The normalized spacial score (nSPS) is 22.5. The smallest absolute Gasteiger partial charge is 0.111 e. The molecule has 0 saturated heterocycles. The highest BCUT2D eigenvalue weighted by Gasteiger charge is 2.33. The first kappa shape index (κ1) is 13.7. The van der Waals surface area contributed by atoms with Gasteiger partial charge in [0.15, 0.2) is 0 Å². The monoisotopic (exact) mass is 212 g/mol. The van der Waals surface area contributed by atoms with Crippen LogP contribution in [-0.4, -0.2) is 79.5 Å². The van der Waals surface area contributed by atoms with Gasteiger partial charge in [-0.3, -0.25) is 0 Å². The number of aliphatic hydroxyl groups is 7. The van der Waals surface area contributed by atoms with Gasteiger partial charge in [-0.2, -0.15) is 0 Å². The molecule has 0 aliphatic heterocycles. The average Bonchev–Trinajstić information content (AvgIpc) is 2.23. The summed E-state index contributed by atoms with van der Waals surface area (Å²) in [5, 5.41) is 61.9. The van der Waals surface area contributed by atoms with Crippen LogP contribution in [0.3, 0.4) is 0 Å². The summed E-state index contributed by atoms with van der Waals surface area (Å²) < 4.78 is 0. The largest absolute Gasteiger partial charge is 0.394 e. The number of hydrogen-bond acceptors (Lipinski definition) is 7. The Bertz CT molecular complexity index is 137. The fourth-order valence-electron chi connectivity index (χ4n) is 0.873. The van der Waals surface area contributed by atoms with E-state index in [0.29, 0.717) is 0 Å². The van der Waals surface area contributed by atoms with Crippen molar-refractivity contribution in [1.29, 1.82) is 0 Å². The highest BCUT2D eigenvalue weighted by atomic mass is 16.4. The molecule has 86 valence electrons. The Kier molecular flexibility index (Phi) is 6.12. The van der Waals surface area contributed by atoms with Crippen molar-refractivity contribution in [2.45, 2.75) is 30.5 Å². The molecular weight excluding hydrogens is 196 g/mol. The van der Waals surface area contributed by atoms with E-state index in [1.165, 1.54) is 0 Å². The molecule has 0 rings (SSSR count). The van der Waals surface area contributed by atoms with Crippen molar-refractivity contribution >= 4 is 0 Å². The molecule has 0 spiro atoms. The minimum atomic E-state index is -1.85. The maximum absolute atomic E-state index is 9.15. The Morgan fingerprint density at radius 1 is 0.571 bits per heavy atom. The van der Waals surface area contributed by atoms with Crippen LogP contribution in [-0.2, 0) is 0 Å². The minimum absolute atomic E-state index is 0.792. The quantitative estimate of drug-likeness (QED) is 0.236. The molecule has 0 bridgehead atoms. The van der Waals surface area contributed by atoms with E-state index < -0.39 is 43.7 Å². The second-order valence-corrected chi connectivity index (χ2v) is 2.97. The average molecular weight is 212 g/mol. The lowest BCUT2D eigenvalue weighted by atomic mass is 10.00. The maximum Gasteiger partial charge on any atom is 0.111 e. The van der Waals surface area contributed by atoms with Crippen molar-refractivity contribution in [1.82, 2.24) is 0 Å². The first-order chi connectivity index (χ1) is 6.45. The molecule has 0 radical (unpaired) electrons. The van der Waals surface area contributed by atoms with Gasteiger partial charge < -0.3 is 35.7 Å². The topological polar surface area (TPSA) is 142 Å². The summed E-state index contributed by atoms with van der Waals surface area (Å²) in [5.41, 5.74) is 0. The third-order valence-corrected chi connectivity index (χ3v) is 1.86. The molecule has 7 N–H and O–H groups in total. The van der Waals surface area contributed by atoms with Crippen LogP contribution in [0.4, 0.5) is 0 Å². The zero-order valence-corrected chi connectivity index (χ0v) is 7.43. The standard InChI is InChI=1S/C7H16O7/c8-1-3(10)5(12)7(14)6(13)4(11)2-9/h3-14H,1-2H2/t3-,4-,5-,6+,7+/m0/s1. The van der Waals surface area contributed by atoms with E-state index in [2.05, 4.69) is 0 Å². The lowest BCUT2D eigenvalue weighted by molar-refractivity contribution is -0.145. The molecule has 14 heavy (non-hydrogen) atoms. The third kappa shape index (κ3) is 3.46. The van der Waals surface area contributed by atoms with E-state index in [9.17, 15) is 0 Å². The molecule has 0 aromatic rings. The van der Waals surface area contributed by atoms with Crippen LogP contribution in [0.2, 0.25) is 0 Å². The Morgan fingerprint density at radius 2 is 0.857 bits per heavy atom. The van der Waals surface area contributed by atoms with Gasteiger partial charge in [-0.1, -0.05) is 0 Å². The number of rotatable bonds is 6. The zero-order valence-electron chi connectivity index (χ0n) is 7.43. The Morgan fingerprint density at radius 3 is 1.07 bits per heavy atom. The lowest BCUT2D eigenvalue weighted by Crippen LogP contribution is -2.50.